The molecule has 0 heterocycles. The topological polar surface area (TPSA) is 21.3 Å². The molecule has 1 N–H and O–H groups in total. The fourth-order valence-electron chi connectivity index (χ4n) is 1.18. The standard InChI is InChI=1S/C11H25NOS/c1-4-5-6-9-14-11(2)10-12-7-8-13-3/h11-12H,4-10H2,1-3H3. The smallest absolute Gasteiger partial charge is 0.0587 e. The molecule has 1 unspecified atom stereocenters. The third-order valence-corrected chi connectivity index (χ3v) is 3.33. The van der Waals surface area contributed by atoms with Crippen molar-refractivity contribution in [2.24, 2.45) is 0 Å². The minimum Gasteiger partial charge on any atom is -0.383 e. The van der Waals surface area contributed by atoms with E-state index in [4.69, 9.17) is 4.74 Å². The van der Waals surface area contributed by atoms with Crippen LogP contribution in [-0.2, 0) is 4.74 Å². The van der Waals surface area contributed by atoms with Crippen molar-refractivity contribution in [3.05, 3.63) is 0 Å². The van der Waals surface area contributed by atoms with Gasteiger partial charge in [-0.1, -0.05) is 26.7 Å². The van der Waals surface area contributed by atoms with E-state index < -0.39 is 0 Å². The van der Waals surface area contributed by atoms with Gasteiger partial charge < -0.3 is 10.1 Å². The predicted molar refractivity (Wildman–Crippen MR) is 66.2 cm³/mol. The Hall–Kier alpha value is 0.270. The number of rotatable bonds is 10. The summed E-state index contributed by atoms with van der Waals surface area (Å²) in [7, 11) is 1.74. The van der Waals surface area contributed by atoms with Gasteiger partial charge in [-0.2, -0.15) is 11.8 Å². The van der Waals surface area contributed by atoms with Crippen LogP contribution in [0.1, 0.15) is 33.1 Å². The number of thioether (sulfide) groups is 1. The molecule has 0 saturated carbocycles. The zero-order valence-electron chi connectivity index (χ0n) is 9.84. The van der Waals surface area contributed by atoms with Gasteiger partial charge in [0.2, 0.25) is 0 Å². The Morgan fingerprint density at radius 2 is 2.14 bits per heavy atom. The lowest BCUT2D eigenvalue weighted by molar-refractivity contribution is 0.199. The lowest BCUT2D eigenvalue weighted by atomic mass is 10.3. The van der Waals surface area contributed by atoms with Gasteiger partial charge in [0.25, 0.3) is 0 Å². The number of ether oxygens (including phenoxy) is 1. The van der Waals surface area contributed by atoms with Crippen LogP contribution < -0.4 is 5.32 Å². The van der Waals surface area contributed by atoms with Gasteiger partial charge in [-0.25, -0.2) is 0 Å². The molecule has 86 valence electrons. The lowest BCUT2D eigenvalue weighted by Gasteiger charge is -2.11. The molecule has 0 spiro atoms. The van der Waals surface area contributed by atoms with E-state index in [1.165, 1.54) is 25.0 Å². The van der Waals surface area contributed by atoms with Crippen LogP contribution in [0.2, 0.25) is 0 Å². The van der Waals surface area contributed by atoms with Crippen molar-refractivity contribution in [3.8, 4) is 0 Å². The van der Waals surface area contributed by atoms with Crippen LogP contribution in [0.5, 0.6) is 0 Å². The molecule has 0 amide bonds. The maximum atomic E-state index is 4.97. The monoisotopic (exact) mass is 219 g/mol. The Balaban J connectivity index is 3.07. The highest BCUT2D eigenvalue weighted by Crippen LogP contribution is 2.12. The third-order valence-electron chi connectivity index (χ3n) is 2.07. The summed E-state index contributed by atoms with van der Waals surface area (Å²) in [6.45, 7) is 7.42. The lowest BCUT2D eigenvalue weighted by Crippen LogP contribution is -2.26. The molecular weight excluding hydrogens is 194 g/mol. The highest BCUT2D eigenvalue weighted by Gasteiger charge is 2.00. The van der Waals surface area contributed by atoms with Gasteiger partial charge in [0.15, 0.2) is 0 Å². The minimum absolute atomic E-state index is 0.726. The van der Waals surface area contributed by atoms with Crippen LogP contribution in [-0.4, -0.2) is 37.8 Å². The molecule has 0 saturated heterocycles. The maximum Gasteiger partial charge on any atom is 0.0587 e. The number of unbranched alkanes of at least 4 members (excludes halogenated alkanes) is 2. The molecule has 3 heteroatoms. The summed E-state index contributed by atoms with van der Waals surface area (Å²) in [6, 6.07) is 0. The minimum atomic E-state index is 0.726. The molecule has 1 atom stereocenters. The maximum absolute atomic E-state index is 4.97. The zero-order valence-corrected chi connectivity index (χ0v) is 10.7. The average molecular weight is 219 g/mol. The second-order valence-corrected chi connectivity index (χ2v) is 5.13. The summed E-state index contributed by atoms with van der Waals surface area (Å²) in [5, 5.41) is 4.11. The molecule has 0 aliphatic heterocycles. The summed E-state index contributed by atoms with van der Waals surface area (Å²) in [5.74, 6) is 1.31. The van der Waals surface area contributed by atoms with Crippen LogP contribution in [0, 0.1) is 0 Å². The van der Waals surface area contributed by atoms with Crippen LogP contribution in [0.4, 0.5) is 0 Å². The van der Waals surface area contributed by atoms with Crippen LogP contribution in [0.3, 0.4) is 0 Å². The summed E-state index contributed by atoms with van der Waals surface area (Å²) < 4.78 is 4.97. The Morgan fingerprint density at radius 1 is 1.36 bits per heavy atom. The van der Waals surface area contributed by atoms with Crippen LogP contribution in [0.25, 0.3) is 0 Å². The summed E-state index contributed by atoms with van der Waals surface area (Å²) in [5.41, 5.74) is 0. The normalized spacial score (nSPS) is 13.1. The summed E-state index contributed by atoms with van der Waals surface area (Å²) in [6.07, 6.45) is 4.06. The van der Waals surface area contributed by atoms with Crippen molar-refractivity contribution in [1.82, 2.24) is 5.32 Å². The first kappa shape index (κ1) is 14.3. The number of nitrogens with one attached hydrogen (secondary N) is 1. The van der Waals surface area contributed by atoms with Gasteiger partial charge >= 0.3 is 0 Å². The molecule has 0 aliphatic carbocycles. The van der Waals surface area contributed by atoms with E-state index in [0.717, 1.165) is 24.9 Å². The Labute approximate surface area is 93.2 Å². The number of hydrogen-bond donors (Lipinski definition) is 1. The second kappa shape index (κ2) is 11.3. The SMILES string of the molecule is CCCCCSC(C)CNCCOC. The molecule has 0 fully saturated rings. The Morgan fingerprint density at radius 3 is 2.79 bits per heavy atom. The van der Waals surface area contributed by atoms with Crippen molar-refractivity contribution < 1.29 is 4.74 Å². The van der Waals surface area contributed by atoms with Gasteiger partial charge in [0.1, 0.15) is 0 Å². The van der Waals surface area contributed by atoms with Gasteiger partial charge in [0.05, 0.1) is 6.61 Å². The predicted octanol–water partition coefficient (Wildman–Crippen LogP) is 2.53. The van der Waals surface area contributed by atoms with Crippen LogP contribution in [0.15, 0.2) is 0 Å². The highest BCUT2D eigenvalue weighted by molar-refractivity contribution is 7.99. The first-order valence-corrected chi connectivity index (χ1v) is 6.67. The van der Waals surface area contributed by atoms with E-state index in [-0.39, 0.29) is 0 Å². The first-order valence-electron chi connectivity index (χ1n) is 5.62. The van der Waals surface area contributed by atoms with E-state index in [1.807, 2.05) is 0 Å². The number of methoxy groups -OCH3 is 1. The largest absolute Gasteiger partial charge is 0.383 e. The molecule has 0 aliphatic rings. The molecule has 2 nitrogen and oxygen atoms in total. The molecule has 0 aromatic heterocycles. The fraction of sp³-hybridized carbons (Fsp3) is 1.00. The summed E-state index contributed by atoms with van der Waals surface area (Å²) >= 11 is 2.07. The van der Waals surface area contributed by atoms with Crippen molar-refractivity contribution in [2.75, 3.05) is 32.6 Å². The molecule has 0 bridgehead atoms. The molecule has 0 aromatic rings. The average Bonchev–Trinajstić information content (AvgIpc) is 2.19. The van der Waals surface area contributed by atoms with E-state index in [0.29, 0.717) is 0 Å². The van der Waals surface area contributed by atoms with Gasteiger partial charge in [-0.3, -0.25) is 0 Å². The molecule has 0 radical (unpaired) electrons. The number of hydrogen-bond acceptors (Lipinski definition) is 3. The van der Waals surface area contributed by atoms with Gasteiger partial charge in [-0.15, -0.1) is 0 Å². The second-order valence-electron chi connectivity index (χ2n) is 3.59. The van der Waals surface area contributed by atoms with Crippen molar-refractivity contribution in [1.29, 1.82) is 0 Å². The zero-order chi connectivity index (χ0) is 10.6. The van der Waals surface area contributed by atoms with Crippen molar-refractivity contribution in [3.63, 3.8) is 0 Å². The first-order chi connectivity index (χ1) is 6.81. The Kier molecular flexibility index (Phi) is 11.6. The van der Waals surface area contributed by atoms with Crippen molar-refractivity contribution in [2.45, 2.75) is 38.4 Å². The van der Waals surface area contributed by atoms with Crippen molar-refractivity contribution >= 4 is 11.8 Å². The third kappa shape index (κ3) is 10.4. The van der Waals surface area contributed by atoms with E-state index >= 15 is 0 Å². The van der Waals surface area contributed by atoms with E-state index in [9.17, 15) is 0 Å². The van der Waals surface area contributed by atoms with E-state index in [1.54, 1.807) is 7.11 Å². The molecule has 0 rings (SSSR count). The van der Waals surface area contributed by atoms with Gasteiger partial charge in [-0.05, 0) is 12.2 Å². The highest BCUT2D eigenvalue weighted by atomic mass is 32.2. The molecule has 0 aromatic carbocycles. The molecular formula is C11H25NOS. The molecule has 14 heavy (non-hydrogen) atoms. The Bertz CT molecular complexity index is 99.5. The quantitative estimate of drug-likeness (QED) is 0.571. The van der Waals surface area contributed by atoms with Gasteiger partial charge in [0, 0.05) is 25.4 Å². The fourth-order valence-corrected chi connectivity index (χ4v) is 2.18. The van der Waals surface area contributed by atoms with E-state index in [2.05, 4.69) is 30.9 Å². The van der Waals surface area contributed by atoms with Crippen LogP contribution >= 0.6 is 11.8 Å². The summed E-state index contributed by atoms with van der Waals surface area (Å²) in [4.78, 5) is 0.